The van der Waals surface area contributed by atoms with E-state index in [2.05, 4.69) is 5.10 Å². The average molecular weight is 279 g/mol. The van der Waals surface area contributed by atoms with Gasteiger partial charge in [-0.2, -0.15) is 5.10 Å². The molecular formula is C17H17N3O. The Kier molecular flexibility index (Phi) is 3.54. The Bertz CT molecular complexity index is 787. The van der Waals surface area contributed by atoms with Gasteiger partial charge >= 0.3 is 0 Å². The van der Waals surface area contributed by atoms with Gasteiger partial charge in [-0.15, -0.1) is 0 Å². The monoisotopic (exact) mass is 279 g/mol. The minimum absolute atomic E-state index is 0.0717. The van der Waals surface area contributed by atoms with Gasteiger partial charge < -0.3 is 5.73 Å². The molecule has 4 nitrogen and oxygen atoms in total. The molecule has 0 fully saturated rings. The lowest BCUT2D eigenvalue weighted by molar-refractivity contribution is 0.0992. The summed E-state index contributed by atoms with van der Waals surface area (Å²) in [7, 11) is 1.90. The van der Waals surface area contributed by atoms with Crippen molar-refractivity contribution < 1.29 is 4.79 Å². The summed E-state index contributed by atoms with van der Waals surface area (Å²) in [5.41, 5.74) is 9.15. The van der Waals surface area contributed by atoms with E-state index in [4.69, 9.17) is 5.73 Å². The molecule has 21 heavy (non-hydrogen) atoms. The molecule has 0 aliphatic heterocycles. The lowest BCUT2D eigenvalue weighted by Crippen LogP contribution is -2.05. The largest absolute Gasteiger partial charge is 0.326 e. The first-order chi connectivity index (χ1) is 10.2. The van der Waals surface area contributed by atoms with Crippen LogP contribution in [-0.4, -0.2) is 15.6 Å². The van der Waals surface area contributed by atoms with Gasteiger partial charge in [0.15, 0.2) is 5.78 Å². The zero-order valence-electron chi connectivity index (χ0n) is 11.9. The van der Waals surface area contributed by atoms with Gasteiger partial charge in [0.1, 0.15) is 0 Å². The molecule has 0 aliphatic rings. The molecule has 0 radical (unpaired) electrons. The number of aryl methyl sites for hydroxylation is 1. The van der Waals surface area contributed by atoms with Crippen molar-refractivity contribution in [2.75, 3.05) is 0 Å². The maximum Gasteiger partial charge on any atom is 0.168 e. The van der Waals surface area contributed by atoms with Gasteiger partial charge in [-0.05, 0) is 11.6 Å². The van der Waals surface area contributed by atoms with Crippen LogP contribution in [0.15, 0.2) is 48.5 Å². The summed E-state index contributed by atoms with van der Waals surface area (Å²) in [6.45, 7) is 0.485. The Labute approximate surface area is 123 Å². The molecule has 0 atom stereocenters. The van der Waals surface area contributed by atoms with Crippen molar-refractivity contribution in [3.8, 4) is 0 Å². The lowest BCUT2D eigenvalue weighted by atomic mass is 10.0. The molecule has 3 aromatic rings. The second-order valence-electron chi connectivity index (χ2n) is 5.09. The first-order valence-electron chi connectivity index (χ1n) is 6.92. The van der Waals surface area contributed by atoms with E-state index in [9.17, 15) is 4.79 Å². The predicted octanol–water partition coefficient (Wildman–Crippen LogP) is 2.46. The molecule has 0 aliphatic carbocycles. The Balaban J connectivity index is 1.89. The molecule has 0 saturated carbocycles. The fourth-order valence-electron chi connectivity index (χ4n) is 2.50. The van der Waals surface area contributed by atoms with E-state index in [0.29, 0.717) is 18.5 Å². The average Bonchev–Trinajstić information content (AvgIpc) is 2.84. The van der Waals surface area contributed by atoms with Crippen molar-refractivity contribution in [3.63, 3.8) is 0 Å². The second-order valence-corrected chi connectivity index (χ2v) is 5.09. The highest BCUT2D eigenvalue weighted by molar-refractivity contribution is 5.99. The SMILES string of the molecule is Cn1nc(CC(=O)c2ccc(CN)cc2)c2ccccc21. The topological polar surface area (TPSA) is 60.9 Å². The molecule has 1 aromatic heterocycles. The normalized spacial score (nSPS) is 11.0. The van der Waals surface area contributed by atoms with E-state index in [0.717, 1.165) is 22.2 Å². The smallest absolute Gasteiger partial charge is 0.168 e. The number of para-hydroxylation sites is 1. The van der Waals surface area contributed by atoms with Crippen LogP contribution in [-0.2, 0) is 20.0 Å². The molecule has 3 rings (SSSR count). The number of carbonyl (C=O) groups excluding carboxylic acids is 1. The molecule has 4 heteroatoms. The third-order valence-corrected chi connectivity index (χ3v) is 3.67. The van der Waals surface area contributed by atoms with Crippen molar-refractivity contribution >= 4 is 16.7 Å². The number of carbonyl (C=O) groups is 1. The molecule has 106 valence electrons. The third kappa shape index (κ3) is 2.58. The Morgan fingerprint density at radius 1 is 1.14 bits per heavy atom. The van der Waals surface area contributed by atoms with Crippen LogP contribution in [0.2, 0.25) is 0 Å². The fourth-order valence-corrected chi connectivity index (χ4v) is 2.50. The number of nitrogens with two attached hydrogens (primary N) is 1. The van der Waals surface area contributed by atoms with E-state index in [1.165, 1.54) is 0 Å². The molecule has 0 unspecified atom stereocenters. The van der Waals surface area contributed by atoms with Gasteiger partial charge in [0.05, 0.1) is 17.6 Å². The van der Waals surface area contributed by atoms with E-state index in [1.807, 2.05) is 60.3 Å². The van der Waals surface area contributed by atoms with E-state index in [1.54, 1.807) is 0 Å². The van der Waals surface area contributed by atoms with Gasteiger partial charge in [0, 0.05) is 24.5 Å². The predicted molar refractivity (Wildman–Crippen MR) is 83.1 cm³/mol. The van der Waals surface area contributed by atoms with Crippen LogP contribution >= 0.6 is 0 Å². The minimum Gasteiger partial charge on any atom is -0.326 e. The van der Waals surface area contributed by atoms with Crippen molar-refractivity contribution in [2.24, 2.45) is 12.8 Å². The summed E-state index contributed by atoms with van der Waals surface area (Å²) in [4.78, 5) is 12.4. The van der Waals surface area contributed by atoms with Gasteiger partial charge in [0.2, 0.25) is 0 Å². The van der Waals surface area contributed by atoms with Crippen molar-refractivity contribution in [1.29, 1.82) is 0 Å². The van der Waals surface area contributed by atoms with Gasteiger partial charge in [-0.25, -0.2) is 0 Å². The number of nitrogens with zero attached hydrogens (tertiary/aromatic N) is 2. The number of rotatable bonds is 4. The Morgan fingerprint density at radius 3 is 2.57 bits per heavy atom. The highest BCUT2D eigenvalue weighted by Gasteiger charge is 2.13. The summed E-state index contributed by atoms with van der Waals surface area (Å²) in [6.07, 6.45) is 0.309. The van der Waals surface area contributed by atoms with Crippen LogP contribution in [0, 0.1) is 0 Å². The number of ketones is 1. The summed E-state index contributed by atoms with van der Waals surface area (Å²) >= 11 is 0. The van der Waals surface area contributed by atoms with Gasteiger partial charge in [0.25, 0.3) is 0 Å². The molecule has 0 amide bonds. The van der Waals surface area contributed by atoms with Crippen LogP contribution < -0.4 is 5.73 Å². The van der Waals surface area contributed by atoms with Crippen LogP contribution in [0.3, 0.4) is 0 Å². The first-order valence-corrected chi connectivity index (χ1v) is 6.92. The quantitative estimate of drug-likeness (QED) is 0.746. The maximum absolute atomic E-state index is 12.4. The van der Waals surface area contributed by atoms with E-state index in [-0.39, 0.29) is 5.78 Å². The van der Waals surface area contributed by atoms with Crippen molar-refractivity contribution in [1.82, 2.24) is 9.78 Å². The second kappa shape index (κ2) is 5.50. The van der Waals surface area contributed by atoms with E-state index < -0.39 is 0 Å². The number of benzene rings is 2. The molecular weight excluding hydrogens is 262 g/mol. The molecule has 0 saturated heterocycles. The van der Waals surface area contributed by atoms with Gasteiger partial charge in [-0.3, -0.25) is 9.48 Å². The van der Waals surface area contributed by atoms with Crippen molar-refractivity contribution in [3.05, 3.63) is 65.4 Å². The van der Waals surface area contributed by atoms with Crippen LogP contribution in [0.5, 0.6) is 0 Å². The highest BCUT2D eigenvalue weighted by Crippen LogP contribution is 2.19. The molecule has 0 spiro atoms. The van der Waals surface area contributed by atoms with Crippen LogP contribution in [0.4, 0.5) is 0 Å². The summed E-state index contributed by atoms with van der Waals surface area (Å²) in [6, 6.07) is 15.4. The number of Topliss-reactive ketones (excluding diaryl/α,β-unsaturated/α-hetero) is 1. The Morgan fingerprint density at radius 2 is 1.86 bits per heavy atom. The highest BCUT2D eigenvalue weighted by atomic mass is 16.1. The number of hydrogen-bond acceptors (Lipinski definition) is 3. The third-order valence-electron chi connectivity index (χ3n) is 3.67. The van der Waals surface area contributed by atoms with Crippen LogP contribution in [0.1, 0.15) is 21.6 Å². The van der Waals surface area contributed by atoms with Crippen molar-refractivity contribution in [2.45, 2.75) is 13.0 Å². The molecule has 2 N–H and O–H groups in total. The zero-order valence-corrected chi connectivity index (χ0v) is 11.9. The summed E-state index contributed by atoms with van der Waals surface area (Å²) in [5, 5.41) is 5.50. The number of fused-ring (bicyclic) bond motifs is 1. The Hall–Kier alpha value is -2.46. The summed E-state index contributed by atoms with van der Waals surface area (Å²) < 4.78 is 1.81. The minimum atomic E-state index is 0.0717. The molecule has 0 bridgehead atoms. The summed E-state index contributed by atoms with van der Waals surface area (Å²) in [5.74, 6) is 0.0717. The number of hydrogen-bond donors (Lipinski definition) is 1. The molecule has 2 aromatic carbocycles. The maximum atomic E-state index is 12.4. The first kappa shape index (κ1) is 13.5. The lowest BCUT2D eigenvalue weighted by Gasteiger charge is -2.01. The zero-order chi connectivity index (χ0) is 14.8. The van der Waals surface area contributed by atoms with Crippen LogP contribution in [0.25, 0.3) is 10.9 Å². The van der Waals surface area contributed by atoms with Gasteiger partial charge in [-0.1, -0.05) is 42.5 Å². The fraction of sp³-hybridized carbons (Fsp3) is 0.176. The number of aromatic nitrogens is 2. The van der Waals surface area contributed by atoms with E-state index >= 15 is 0 Å². The standard InChI is InChI=1S/C17H17N3O/c1-20-16-5-3-2-4-14(16)15(19-20)10-17(21)13-8-6-12(11-18)7-9-13/h2-9H,10-11,18H2,1H3. The molecule has 1 heterocycles.